The summed E-state index contributed by atoms with van der Waals surface area (Å²) >= 11 is 0. The van der Waals surface area contributed by atoms with Crippen molar-refractivity contribution < 1.29 is 56.7 Å². The first-order valence-corrected chi connectivity index (χ1v) is 7.88. The number of anilines is 1. The van der Waals surface area contributed by atoms with E-state index in [-0.39, 0.29) is 23.2 Å². The number of nitrogen functional groups attached to an aromatic ring is 1. The van der Waals surface area contributed by atoms with Gasteiger partial charge < -0.3 is 45.0 Å². The predicted octanol–water partition coefficient (Wildman–Crippen LogP) is -4.81. The van der Waals surface area contributed by atoms with Crippen molar-refractivity contribution in [1.29, 1.82) is 0 Å². The summed E-state index contributed by atoms with van der Waals surface area (Å²) in [7, 11) is -5.39. The molecule has 13 nitrogen and oxygen atoms in total. The minimum Gasteiger partial charge on any atom is -0.822 e. The number of hydrogen-bond acceptors (Lipinski definition) is 12. The first kappa shape index (κ1) is 21.9. The first-order valence-electron chi connectivity index (χ1n) is 6.42. The Labute approximate surface area is 151 Å². The van der Waals surface area contributed by atoms with Gasteiger partial charge in [-0.05, 0) is 0 Å². The minimum atomic E-state index is -5.39. The molecular weight excluding hydrogens is 401 g/mol. The van der Waals surface area contributed by atoms with E-state index in [0.717, 1.165) is 0 Å². The van der Waals surface area contributed by atoms with Gasteiger partial charge in [0.2, 0.25) is 0 Å². The monoisotopic (exact) mass is 414 g/mol. The summed E-state index contributed by atoms with van der Waals surface area (Å²) < 4.78 is 15.4. The molecule has 1 saturated heterocycles. The molecule has 25 heavy (non-hydrogen) atoms. The molecule has 0 saturated carbocycles. The van der Waals surface area contributed by atoms with E-state index in [4.69, 9.17) is 34.8 Å². The Bertz CT molecular complexity index is 748. The molecule has 0 bridgehead atoms. The zero-order chi connectivity index (χ0) is 18.1. The van der Waals surface area contributed by atoms with E-state index in [1.54, 1.807) is 0 Å². The van der Waals surface area contributed by atoms with Crippen LogP contribution in [0.25, 0.3) is 11.2 Å². The number of aliphatic hydroxyl groups is 3. The average Bonchev–Trinajstić information content (AvgIpc) is 3.01. The fourth-order valence-corrected chi connectivity index (χ4v) is 2.17. The van der Waals surface area contributed by atoms with Crippen LogP contribution in [0, 0.1) is 0 Å². The van der Waals surface area contributed by atoms with Gasteiger partial charge in [0.05, 0.1) is 12.9 Å². The van der Waals surface area contributed by atoms with Crippen molar-refractivity contribution in [3.63, 3.8) is 0 Å². The summed E-state index contributed by atoms with van der Waals surface area (Å²) in [6, 6.07) is 0. The maximum atomic E-state index is 9.95. The molecule has 3 rings (SSSR count). The summed E-state index contributed by atoms with van der Waals surface area (Å²) in [5.41, 5.74) is 6.44. The molecule has 0 aromatic carbocycles. The molecular formula is C10H13CrN5O8P. The summed E-state index contributed by atoms with van der Waals surface area (Å²) in [5, 5.41) is 28.7. The molecule has 5 N–H and O–H groups in total. The van der Waals surface area contributed by atoms with Crippen molar-refractivity contribution in [3.8, 4) is 0 Å². The first-order chi connectivity index (χ1) is 11.1. The zero-order valence-corrected chi connectivity index (χ0v) is 14.4. The number of nitrogens with two attached hydrogens (primary N) is 1. The molecule has 1 aliphatic rings. The Kier molecular flexibility index (Phi) is 7.42. The van der Waals surface area contributed by atoms with E-state index < -0.39 is 39.0 Å². The van der Waals surface area contributed by atoms with Gasteiger partial charge >= 0.3 is 17.4 Å². The largest absolute Gasteiger partial charge is 3.00 e. The Morgan fingerprint density at radius 3 is 2.36 bits per heavy atom. The maximum Gasteiger partial charge on any atom is 3.00 e. The van der Waals surface area contributed by atoms with E-state index >= 15 is 0 Å². The standard InChI is InChI=1S/C10H13N5O4.Cr.H3O4P/c11-8-5-9(13-2-12-8)15(3-14-5)10-7(18)6(17)4(1-16)19-10;;1-5(2,3)4/h2-4,6-7,10,16-18H,1H2,(H2,11,12,13);;(H3,1,2,3,4)/q;+3;/p-3/t4-,6-,7-,10-;;/m1../s1. The van der Waals surface area contributed by atoms with Gasteiger partial charge in [-0.25, -0.2) is 15.0 Å². The van der Waals surface area contributed by atoms with E-state index in [2.05, 4.69) is 15.0 Å². The SMILES string of the molecule is Nc1ncnc2c1ncn2[C@@H]1O[C@H](CO)[C@@H](O)[C@H]1O.O=P([O-])([O-])[O-].[Cr+3]. The fourth-order valence-electron chi connectivity index (χ4n) is 2.17. The number of imidazole rings is 1. The molecule has 1 aliphatic heterocycles. The van der Waals surface area contributed by atoms with Crippen molar-refractivity contribution in [1.82, 2.24) is 19.5 Å². The minimum absolute atomic E-state index is 0. The second-order valence-electron chi connectivity index (χ2n) is 4.76. The number of aromatic nitrogens is 4. The average molecular weight is 414 g/mol. The van der Waals surface area contributed by atoms with Crippen molar-refractivity contribution >= 4 is 24.8 Å². The number of fused-ring (bicyclic) bond motifs is 1. The molecule has 2 aromatic heterocycles. The number of nitrogens with zero attached hydrogens (tertiary/aromatic N) is 4. The van der Waals surface area contributed by atoms with Gasteiger partial charge in [0.1, 0.15) is 30.2 Å². The van der Waals surface area contributed by atoms with Crippen LogP contribution in [0.3, 0.4) is 0 Å². The summed E-state index contributed by atoms with van der Waals surface area (Å²) in [6.07, 6.45) is -1.42. The number of aliphatic hydroxyl groups excluding tert-OH is 3. The third-order valence-corrected chi connectivity index (χ3v) is 3.18. The van der Waals surface area contributed by atoms with Crippen LogP contribution in [0.5, 0.6) is 0 Å². The van der Waals surface area contributed by atoms with E-state index in [1.165, 1.54) is 17.2 Å². The van der Waals surface area contributed by atoms with Gasteiger partial charge in [0, 0.05) is 0 Å². The van der Waals surface area contributed by atoms with Crippen molar-refractivity contribution in [2.75, 3.05) is 12.3 Å². The smallest absolute Gasteiger partial charge is 0.822 e. The Morgan fingerprint density at radius 2 is 1.84 bits per heavy atom. The van der Waals surface area contributed by atoms with Crippen LogP contribution in [0.4, 0.5) is 5.82 Å². The van der Waals surface area contributed by atoms with Crippen molar-refractivity contribution in [2.45, 2.75) is 24.5 Å². The second kappa shape index (κ2) is 8.48. The summed E-state index contributed by atoms with van der Waals surface area (Å²) in [4.78, 5) is 37.5. The molecule has 0 amide bonds. The summed E-state index contributed by atoms with van der Waals surface area (Å²) in [6.45, 7) is -0.390. The van der Waals surface area contributed by atoms with E-state index in [0.29, 0.717) is 11.2 Å². The van der Waals surface area contributed by atoms with Gasteiger partial charge in [-0.1, -0.05) is 0 Å². The molecule has 1 radical (unpaired) electrons. The third kappa shape index (κ3) is 5.16. The van der Waals surface area contributed by atoms with Crippen LogP contribution in [0.2, 0.25) is 0 Å². The van der Waals surface area contributed by atoms with E-state index in [9.17, 15) is 10.2 Å². The fraction of sp³-hybridized carbons (Fsp3) is 0.500. The molecule has 0 unspecified atom stereocenters. The van der Waals surface area contributed by atoms with Gasteiger partial charge in [0.25, 0.3) is 0 Å². The third-order valence-electron chi connectivity index (χ3n) is 3.18. The number of ether oxygens (including phenoxy) is 1. The number of phosphoric acid groups is 1. The van der Waals surface area contributed by atoms with Gasteiger partial charge in [-0.15, -0.1) is 0 Å². The summed E-state index contributed by atoms with van der Waals surface area (Å²) in [5.74, 6) is 0.218. The van der Waals surface area contributed by atoms with Gasteiger partial charge in [0.15, 0.2) is 17.7 Å². The Balaban J connectivity index is 0.000000462. The second-order valence-corrected chi connectivity index (χ2v) is 5.65. The van der Waals surface area contributed by atoms with Crippen LogP contribution >= 0.6 is 7.82 Å². The molecule has 4 atom stereocenters. The molecule has 3 heterocycles. The topological polar surface area (TPSA) is 226 Å². The van der Waals surface area contributed by atoms with Crippen LogP contribution < -0.4 is 20.4 Å². The normalized spacial score (nSPS) is 26.0. The molecule has 137 valence electrons. The molecule has 2 aromatic rings. The van der Waals surface area contributed by atoms with Crippen LogP contribution in [0.1, 0.15) is 6.23 Å². The van der Waals surface area contributed by atoms with Crippen LogP contribution in [-0.2, 0) is 26.7 Å². The van der Waals surface area contributed by atoms with Crippen molar-refractivity contribution in [2.24, 2.45) is 0 Å². The van der Waals surface area contributed by atoms with E-state index in [1.807, 2.05) is 0 Å². The Hall–Kier alpha value is -1.17. The maximum absolute atomic E-state index is 9.95. The molecule has 0 aliphatic carbocycles. The number of hydrogen-bond donors (Lipinski definition) is 4. The predicted molar refractivity (Wildman–Crippen MR) is 70.4 cm³/mol. The molecule has 1 fully saturated rings. The van der Waals surface area contributed by atoms with Crippen LogP contribution in [0.15, 0.2) is 12.7 Å². The van der Waals surface area contributed by atoms with Crippen LogP contribution in [-0.4, -0.2) is 59.8 Å². The number of rotatable bonds is 2. The zero-order valence-electron chi connectivity index (χ0n) is 12.3. The van der Waals surface area contributed by atoms with Gasteiger partial charge in [-0.3, -0.25) is 4.57 Å². The van der Waals surface area contributed by atoms with Crippen molar-refractivity contribution in [3.05, 3.63) is 12.7 Å². The molecule has 0 spiro atoms. The Morgan fingerprint density at radius 1 is 1.24 bits per heavy atom. The van der Waals surface area contributed by atoms with Gasteiger partial charge in [-0.2, -0.15) is 7.82 Å². The quantitative estimate of drug-likeness (QED) is 0.340. The molecule has 15 heteroatoms.